The second kappa shape index (κ2) is 18.7. The lowest BCUT2D eigenvalue weighted by atomic mass is 9.98. The molecule has 382 valence electrons. The van der Waals surface area contributed by atoms with Crippen molar-refractivity contribution in [2.24, 2.45) is 0 Å². The van der Waals surface area contributed by atoms with E-state index in [1.807, 2.05) is 22.7 Å². The van der Waals surface area contributed by atoms with Crippen LogP contribution >= 0.6 is 22.7 Å². The maximum absolute atomic E-state index is 5.65. The number of hydrogen-bond donors (Lipinski definition) is 0. The minimum absolute atomic E-state index is 0.607. The van der Waals surface area contributed by atoms with Crippen LogP contribution in [0.4, 0.5) is 0 Å². The lowest BCUT2D eigenvalue weighted by molar-refractivity contribution is 0.995. The summed E-state index contributed by atoms with van der Waals surface area (Å²) >= 11 is 3.70. The van der Waals surface area contributed by atoms with E-state index in [4.69, 9.17) is 9.97 Å². The van der Waals surface area contributed by atoms with Crippen LogP contribution in [-0.2, 0) is 0 Å². The topological polar surface area (TPSA) is 35.6 Å². The number of para-hydroxylation sites is 2. The Morgan fingerprint density at radius 2 is 0.610 bits per heavy atom. The Balaban J connectivity index is 0.845. The first kappa shape index (κ1) is 46.7. The van der Waals surface area contributed by atoms with E-state index in [0.717, 1.165) is 77.7 Å². The summed E-state index contributed by atoms with van der Waals surface area (Å²) in [5.41, 5.74) is 18.4. The molecule has 6 heteroatoms. The quantitative estimate of drug-likeness (QED) is 0.152. The first-order valence-electron chi connectivity index (χ1n) is 27.8. The van der Waals surface area contributed by atoms with Gasteiger partial charge in [0.1, 0.15) is 0 Å². The van der Waals surface area contributed by atoms with E-state index >= 15 is 0 Å². The highest BCUT2D eigenvalue weighted by Gasteiger charge is 2.21. The number of hydrogen-bond acceptors (Lipinski definition) is 4. The molecule has 0 aliphatic heterocycles. The lowest BCUT2D eigenvalue weighted by Gasteiger charge is -2.14. The first-order chi connectivity index (χ1) is 40.6. The molecule has 0 atom stereocenters. The van der Waals surface area contributed by atoms with Crippen molar-refractivity contribution in [3.63, 3.8) is 0 Å². The SMILES string of the molecule is c1ccc(-c2ccc(-c3cccc(-c4cc(-c5cccc(-n6c7ccccc7c7ccc(-c8ccc9sc%10ccccc%10c9c8)cc76)c5)nc(-n5c6ccccc6c6ccc(-c7ccc8sc9ccccc9c8c7)cc65)n4)c3)cc2)cc1. The Morgan fingerprint density at radius 3 is 1.22 bits per heavy atom. The van der Waals surface area contributed by atoms with Gasteiger partial charge in [0, 0.05) is 78.7 Å². The zero-order valence-electron chi connectivity index (χ0n) is 44.2. The molecule has 5 heterocycles. The number of aromatic nitrogens is 4. The Bertz CT molecular complexity index is 5410. The van der Waals surface area contributed by atoms with Crippen molar-refractivity contribution in [2.75, 3.05) is 0 Å². The van der Waals surface area contributed by atoms with Crippen molar-refractivity contribution in [3.8, 4) is 78.7 Å². The normalized spacial score (nSPS) is 11.9. The van der Waals surface area contributed by atoms with Crippen LogP contribution in [0.15, 0.2) is 279 Å². The number of rotatable bonds is 8. The number of nitrogens with zero attached hydrogens (tertiary/aromatic N) is 4. The van der Waals surface area contributed by atoms with Gasteiger partial charge in [-0.2, -0.15) is 0 Å². The fourth-order valence-corrected chi connectivity index (χ4v) is 14.8. The van der Waals surface area contributed by atoms with Crippen molar-refractivity contribution in [2.45, 2.75) is 0 Å². The molecule has 0 aliphatic carbocycles. The summed E-state index contributed by atoms with van der Waals surface area (Å²) in [4.78, 5) is 11.3. The van der Waals surface area contributed by atoms with E-state index in [2.05, 4.69) is 288 Å². The van der Waals surface area contributed by atoms with Gasteiger partial charge in [-0.3, -0.25) is 4.57 Å². The molecule has 0 amide bonds. The lowest BCUT2D eigenvalue weighted by Crippen LogP contribution is -2.04. The fourth-order valence-electron chi connectivity index (χ4n) is 12.6. The van der Waals surface area contributed by atoms with Crippen LogP contribution in [0.1, 0.15) is 0 Å². The second-order valence-corrected chi connectivity index (χ2v) is 23.5. The van der Waals surface area contributed by atoms with E-state index in [0.29, 0.717) is 5.95 Å². The first-order valence-corrected chi connectivity index (χ1v) is 29.4. The van der Waals surface area contributed by atoms with Crippen LogP contribution < -0.4 is 0 Å². The van der Waals surface area contributed by atoms with Crippen molar-refractivity contribution in [1.82, 2.24) is 19.1 Å². The molecule has 0 saturated heterocycles. The minimum Gasteiger partial charge on any atom is -0.309 e. The predicted octanol–water partition coefficient (Wildman–Crippen LogP) is 21.4. The summed E-state index contributed by atoms with van der Waals surface area (Å²) in [5.74, 6) is 0.607. The molecule has 4 nitrogen and oxygen atoms in total. The van der Waals surface area contributed by atoms with Gasteiger partial charge in [0.2, 0.25) is 5.95 Å². The third kappa shape index (κ3) is 7.64. The van der Waals surface area contributed by atoms with Crippen molar-refractivity contribution < 1.29 is 0 Å². The molecular weight excluding hydrogens is 1030 g/mol. The number of thiophene rings is 2. The maximum Gasteiger partial charge on any atom is 0.235 e. The van der Waals surface area contributed by atoms with Gasteiger partial charge in [0.25, 0.3) is 0 Å². The summed E-state index contributed by atoms with van der Waals surface area (Å²) in [6.07, 6.45) is 0. The van der Waals surface area contributed by atoms with Gasteiger partial charge in [0.15, 0.2) is 0 Å². The monoisotopic (exact) mass is 1080 g/mol. The Labute approximate surface area is 480 Å². The zero-order valence-corrected chi connectivity index (χ0v) is 45.8. The molecule has 0 radical (unpaired) electrons. The Morgan fingerprint density at radius 1 is 0.220 bits per heavy atom. The molecule has 0 spiro atoms. The van der Waals surface area contributed by atoms with Crippen molar-refractivity contribution >= 4 is 107 Å². The summed E-state index contributed by atoms with van der Waals surface area (Å²) in [5, 5.41) is 9.89. The molecule has 17 aromatic rings. The highest BCUT2D eigenvalue weighted by molar-refractivity contribution is 7.26. The van der Waals surface area contributed by atoms with Crippen LogP contribution in [0.25, 0.3) is 163 Å². The molecule has 0 unspecified atom stereocenters. The van der Waals surface area contributed by atoms with Crippen LogP contribution in [0.2, 0.25) is 0 Å². The molecule has 0 fully saturated rings. The van der Waals surface area contributed by atoms with Crippen LogP contribution in [0.5, 0.6) is 0 Å². The molecule has 0 bridgehead atoms. The average molecular weight is 1080 g/mol. The second-order valence-electron chi connectivity index (χ2n) is 21.3. The van der Waals surface area contributed by atoms with E-state index in [1.165, 1.54) is 78.9 Å². The number of benzene rings is 12. The summed E-state index contributed by atoms with van der Waals surface area (Å²) in [6, 6.07) is 102. The van der Waals surface area contributed by atoms with Crippen LogP contribution in [0, 0.1) is 0 Å². The van der Waals surface area contributed by atoms with Gasteiger partial charge in [-0.1, -0.05) is 194 Å². The largest absolute Gasteiger partial charge is 0.309 e. The highest BCUT2D eigenvalue weighted by atomic mass is 32.1. The molecule has 0 saturated carbocycles. The van der Waals surface area contributed by atoms with E-state index < -0.39 is 0 Å². The number of fused-ring (bicyclic) bond motifs is 12. The zero-order chi connectivity index (χ0) is 53.8. The van der Waals surface area contributed by atoms with Gasteiger partial charge < -0.3 is 4.57 Å². The van der Waals surface area contributed by atoms with Crippen LogP contribution in [-0.4, -0.2) is 19.1 Å². The molecular formula is C76H46N4S2. The molecule has 12 aromatic carbocycles. The third-order valence-corrected chi connectivity index (χ3v) is 18.9. The molecule has 17 rings (SSSR count). The Kier molecular flexibility index (Phi) is 10.6. The highest BCUT2D eigenvalue weighted by Crippen LogP contribution is 2.42. The van der Waals surface area contributed by atoms with Crippen LogP contribution in [0.3, 0.4) is 0 Å². The third-order valence-electron chi connectivity index (χ3n) is 16.6. The predicted molar refractivity (Wildman–Crippen MR) is 349 cm³/mol. The van der Waals surface area contributed by atoms with Crippen molar-refractivity contribution in [1.29, 1.82) is 0 Å². The Hall–Kier alpha value is -10.2. The molecule has 0 N–H and O–H groups in total. The summed E-state index contributed by atoms with van der Waals surface area (Å²) in [6.45, 7) is 0. The summed E-state index contributed by atoms with van der Waals surface area (Å²) in [7, 11) is 0. The van der Waals surface area contributed by atoms with Gasteiger partial charge in [-0.25, -0.2) is 9.97 Å². The van der Waals surface area contributed by atoms with Gasteiger partial charge >= 0.3 is 0 Å². The fraction of sp³-hybridized carbons (Fsp3) is 0. The minimum atomic E-state index is 0.607. The van der Waals surface area contributed by atoms with Crippen molar-refractivity contribution in [3.05, 3.63) is 279 Å². The maximum atomic E-state index is 5.65. The smallest absolute Gasteiger partial charge is 0.235 e. The molecule has 82 heavy (non-hydrogen) atoms. The molecule has 0 aliphatic rings. The van der Waals surface area contributed by atoms with Gasteiger partial charge in [-0.15, -0.1) is 22.7 Å². The summed E-state index contributed by atoms with van der Waals surface area (Å²) < 4.78 is 9.91. The standard InChI is InChI=1S/C76H46N4S2/c1-2-14-47(15-3-1)48-28-30-49(31-29-48)50-16-12-17-55(40-50)66-46-67(78-76(77-66)80-69-25-9-5-21-59(69)61-37-33-54(45-71(61)80)52-35-39-75-65(43-52)63-23-7-11-27-73(63)82-75)56-18-13-19-57(41-56)79-68-24-8-4-20-58(68)60-36-32-53(44-70(60)79)51-34-38-74-64(42-51)62-22-6-10-26-72(62)81-74/h1-46H. The van der Waals surface area contributed by atoms with Gasteiger partial charge in [0.05, 0.1) is 33.5 Å². The average Bonchev–Trinajstić information content (AvgIpc) is 3.22. The van der Waals surface area contributed by atoms with Gasteiger partial charge in [-0.05, 0) is 129 Å². The molecule has 5 aromatic heterocycles. The van der Waals surface area contributed by atoms with E-state index in [1.54, 1.807) is 0 Å². The van der Waals surface area contributed by atoms with E-state index in [9.17, 15) is 0 Å². The van der Waals surface area contributed by atoms with E-state index in [-0.39, 0.29) is 0 Å².